The Morgan fingerprint density at radius 2 is 2.06 bits per heavy atom. The zero-order valence-corrected chi connectivity index (χ0v) is 9.50. The summed E-state index contributed by atoms with van der Waals surface area (Å²) >= 11 is 0. The second kappa shape index (κ2) is 4.69. The first-order chi connectivity index (χ1) is 8.67. The van der Waals surface area contributed by atoms with E-state index < -0.39 is 0 Å². The molecular weight excluding hydrogens is 230 g/mol. The Balaban J connectivity index is 2.36. The molecule has 0 aliphatic rings. The zero-order valence-electron chi connectivity index (χ0n) is 9.50. The van der Waals surface area contributed by atoms with Crippen molar-refractivity contribution in [3.8, 4) is 6.07 Å². The van der Waals surface area contributed by atoms with Crippen LogP contribution in [0.1, 0.15) is 21.5 Å². The maximum absolute atomic E-state index is 12.1. The number of nitrogen functional groups attached to an aromatic ring is 1. The highest BCUT2D eigenvalue weighted by Crippen LogP contribution is 2.12. The molecular formula is C12H11N5O. The van der Waals surface area contributed by atoms with Crippen molar-refractivity contribution in [3.05, 3.63) is 47.2 Å². The molecule has 0 fully saturated rings. The number of carbonyl (C=O) groups excluding carboxylic acids is 1. The minimum atomic E-state index is -0.377. The predicted octanol–water partition coefficient (Wildman–Crippen LogP) is 0.484. The van der Waals surface area contributed by atoms with Gasteiger partial charge in [0.15, 0.2) is 0 Å². The lowest BCUT2D eigenvalue weighted by molar-refractivity contribution is 0.0948. The van der Waals surface area contributed by atoms with E-state index in [1.54, 1.807) is 24.3 Å². The summed E-state index contributed by atoms with van der Waals surface area (Å²) in [5, 5.41) is 12.5. The number of hydrogen-bond acceptors (Lipinski definition) is 5. The lowest BCUT2D eigenvalue weighted by Crippen LogP contribution is -2.16. The lowest BCUT2D eigenvalue weighted by atomic mass is 10.1. The molecule has 0 saturated carbocycles. The quantitative estimate of drug-likeness (QED) is 0.794. The molecule has 90 valence electrons. The summed E-state index contributed by atoms with van der Waals surface area (Å²) in [5.41, 5.74) is 12.7. The van der Waals surface area contributed by atoms with E-state index in [0.29, 0.717) is 12.1 Å². The van der Waals surface area contributed by atoms with Crippen LogP contribution in [0.15, 0.2) is 30.5 Å². The van der Waals surface area contributed by atoms with Crippen LogP contribution in [0.4, 0.5) is 5.82 Å². The van der Waals surface area contributed by atoms with Crippen LogP contribution in [-0.4, -0.2) is 15.7 Å². The van der Waals surface area contributed by atoms with Gasteiger partial charge in [-0.15, -0.1) is 0 Å². The number of rotatable bonds is 2. The van der Waals surface area contributed by atoms with E-state index in [1.165, 1.54) is 6.20 Å². The van der Waals surface area contributed by atoms with Gasteiger partial charge in [-0.25, -0.2) is 0 Å². The Bertz CT molecular complexity index is 621. The molecule has 0 saturated heterocycles. The molecule has 0 aliphatic carbocycles. The highest BCUT2D eigenvalue weighted by Gasteiger charge is 2.15. The fourth-order valence-corrected chi connectivity index (χ4v) is 1.51. The van der Waals surface area contributed by atoms with Crippen molar-refractivity contribution in [1.29, 1.82) is 5.26 Å². The average molecular weight is 241 g/mol. The van der Waals surface area contributed by atoms with Crippen LogP contribution in [0.25, 0.3) is 0 Å². The van der Waals surface area contributed by atoms with E-state index in [0.717, 1.165) is 10.2 Å². The van der Waals surface area contributed by atoms with E-state index in [4.69, 9.17) is 16.7 Å². The van der Waals surface area contributed by atoms with Gasteiger partial charge >= 0.3 is 0 Å². The van der Waals surface area contributed by atoms with Gasteiger partial charge in [0.2, 0.25) is 0 Å². The summed E-state index contributed by atoms with van der Waals surface area (Å²) in [6.07, 6.45) is 1.27. The molecule has 6 heteroatoms. The number of benzene rings is 1. The molecule has 1 aromatic carbocycles. The van der Waals surface area contributed by atoms with Gasteiger partial charge in [0.25, 0.3) is 5.91 Å². The van der Waals surface area contributed by atoms with E-state index in [1.807, 2.05) is 6.07 Å². The Morgan fingerprint density at radius 3 is 2.56 bits per heavy atom. The fraction of sp³-hybridized carbons (Fsp3) is 0.0833. The zero-order chi connectivity index (χ0) is 13.1. The molecule has 0 amide bonds. The smallest absolute Gasteiger partial charge is 0.280 e. The van der Waals surface area contributed by atoms with E-state index in [-0.39, 0.29) is 17.3 Å². The molecule has 0 unspecified atom stereocenters. The molecule has 4 N–H and O–H groups in total. The van der Waals surface area contributed by atoms with Crippen LogP contribution < -0.4 is 11.5 Å². The van der Waals surface area contributed by atoms with E-state index >= 15 is 0 Å². The molecule has 1 heterocycles. The van der Waals surface area contributed by atoms with Gasteiger partial charge in [-0.3, -0.25) is 4.79 Å². The second-order valence-electron chi connectivity index (χ2n) is 3.67. The van der Waals surface area contributed by atoms with Crippen molar-refractivity contribution in [2.75, 3.05) is 5.73 Å². The predicted molar refractivity (Wildman–Crippen MR) is 65.4 cm³/mol. The molecule has 0 spiro atoms. The van der Waals surface area contributed by atoms with Gasteiger partial charge in [-0.05, 0) is 17.7 Å². The number of carbonyl (C=O) groups is 1. The van der Waals surface area contributed by atoms with Crippen molar-refractivity contribution < 1.29 is 4.79 Å². The Hall–Kier alpha value is -2.65. The first kappa shape index (κ1) is 11.8. The highest BCUT2D eigenvalue weighted by molar-refractivity contribution is 5.97. The lowest BCUT2D eigenvalue weighted by Gasteiger charge is -2.03. The van der Waals surface area contributed by atoms with Gasteiger partial charge in [-0.1, -0.05) is 12.1 Å². The number of hydrogen-bond donors (Lipinski definition) is 2. The Labute approximate surface area is 103 Å². The third-order valence-electron chi connectivity index (χ3n) is 2.56. The first-order valence-electron chi connectivity index (χ1n) is 5.24. The van der Waals surface area contributed by atoms with Gasteiger partial charge in [0.1, 0.15) is 17.5 Å². The number of nitrogens with two attached hydrogens (primary N) is 2. The maximum atomic E-state index is 12.1. The van der Waals surface area contributed by atoms with Crippen molar-refractivity contribution in [2.24, 2.45) is 5.73 Å². The number of anilines is 1. The van der Waals surface area contributed by atoms with Crippen molar-refractivity contribution in [1.82, 2.24) is 9.78 Å². The number of nitriles is 1. The van der Waals surface area contributed by atoms with Crippen LogP contribution in [0, 0.1) is 11.3 Å². The maximum Gasteiger partial charge on any atom is 0.280 e. The van der Waals surface area contributed by atoms with Crippen LogP contribution in [-0.2, 0) is 6.54 Å². The third kappa shape index (κ3) is 1.95. The average Bonchev–Trinajstić information content (AvgIpc) is 2.79. The second-order valence-corrected chi connectivity index (χ2v) is 3.67. The summed E-state index contributed by atoms with van der Waals surface area (Å²) in [7, 11) is 0. The van der Waals surface area contributed by atoms with Gasteiger partial charge in [0.05, 0.1) is 6.20 Å². The van der Waals surface area contributed by atoms with Gasteiger partial charge < -0.3 is 11.5 Å². The molecule has 18 heavy (non-hydrogen) atoms. The highest BCUT2D eigenvalue weighted by atomic mass is 16.2. The minimum absolute atomic E-state index is 0.0467. The molecule has 0 atom stereocenters. The topological polar surface area (TPSA) is 111 Å². The molecule has 0 aliphatic heterocycles. The summed E-state index contributed by atoms with van der Waals surface area (Å²) in [5.74, 6) is -0.331. The molecule has 6 nitrogen and oxygen atoms in total. The molecule has 0 radical (unpaired) electrons. The largest absolute Gasteiger partial charge is 0.382 e. The molecule has 2 rings (SSSR count). The monoisotopic (exact) mass is 241 g/mol. The van der Waals surface area contributed by atoms with Gasteiger partial charge in [-0.2, -0.15) is 15.0 Å². The van der Waals surface area contributed by atoms with Crippen molar-refractivity contribution >= 4 is 11.7 Å². The third-order valence-corrected chi connectivity index (χ3v) is 2.56. The fourth-order valence-electron chi connectivity index (χ4n) is 1.51. The summed E-state index contributed by atoms with van der Waals surface area (Å²) < 4.78 is 1.01. The normalized spacial score (nSPS) is 10.0. The van der Waals surface area contributed by atoms with Crippen molar-refractivity contribution in [3.63, 3.8) is 0 Å². The van der Waals surface area contributed by atoms with E-state index in [2.05, 4.69) is 5.10 Å². The summed E-state index contributed by atoms with van der Waals surface area (Å²) in [6, 6.07) is 8.69. The summed E-state index contributed by atoms with van der Waals surface area (Å²) in [6.45, 7) is 0.414. The van der Waals surface area contributed by atoms with Crippen molar-refractivity contribution in [2.45, 2.75) is 6.54 Å². The van der Waals surface area contributed by atoms with Crippen LogP contribution in [0.2, 0.25) is 0 Å². The van der Waals surface area contributed by atoms with Gasteiger partial charge in [0, 0.05) is 12.1 Å². The SMILES string of the molecule is N#Cc1cnn(C(=O)c2ccc(CN)cc2)c1N. The van der Waals surface area contributed by atoms with Crippen LogP contribution >= 0.6 is 0 Å². The van der Waals surface area contributed by atoms with Crippen LogP contribution in [0.3, 0.4) is 0 Å². The minimum Gasteiger partial charge on any atom is -0.382 e. The van der Waals surface area contributed by atoms with Crippen LogP contribution in [0.5, 0.6) is 0 Å². The molecule has 1 aromatic heterocycles. The Kier molecular flexibility index (Phi) is 3.08. The number of nitrogens with zero attached hydrogens (tertiary/aromatic N) is 3. The molecule has 0 bridgehead atoms. The Morgan fingerprint density at radius 1 is 1.39 bits per heavy atom. The number of aromatic nitrogens is 2. The molecule has 2 aromatic rings. The first-order valence-corrected chi connectivity index (χ1v) is 5.24. The standard InChI is InChI=1S/C12H11N5O/c13-5-8-1-3-9(4-2-8)12(18)17-11(15)10(6-14)7-16-17/h1-4,7H,5,13,15H2. The summed E-state index contributed by atoms with van der Waals surface area (Å²) in [4.78, 5) is 12.1. The van der Waals surface area contributed by atoms with E-state index in [9.17, 15) is 4.79 Å².